The third-order valence-corrected chi connectivity index (χ3v) is 6.96. The summed E-state index contributed by atoms with van der Waals surface area (Å²) in [5.74, 6) is -0.195. The molecule has 4 aromatic rings. The Morgan fingerprint density at radius 2 is 1.70 bits per heavy atom. The quantitative estimate of drug-likeness (QED) is 0.485. The Hall–Kier alpha value is -3.32. The zero-order valence-electron chi connectivity index (χ0n) is 16.0. The smallest absolute Gasteiger partial charge is 0.335 e. The summed E-state index contributed by atoms with van der Waals surface area (Å²) < 4.78 is 35.0. The molecule has 152 valence electrons. The van der Waals surface area contributed by atoms with Gasteiger partial charge in [-0.1, -0.05) is 30.3 Å². The van der Waals surface area contributed by atoms with E-state index in [-0.39, 0.29) is 10.5 Å². The van der Waals surface area contributed by atoms with Crippen molar-refractivity contribution in [1.82, 2.24) is 0 Å². The van der Waals surface area contributed by atoms with Crippen LogP contribution in [0.25, 0.3) is 21.7 Å². The third-order valence-electron chi connectivity index (χ3n) is 5.60. The van der Waals surface area contributed by atoms with Crippen LogP contribution in [0.15, 0.2) is 63.9 Å². The molecule has 30 heavy (non-hydrogen) atoms. The molecule has 0 saturated heterocycles. The molecular weight excluding hydrogens is 402 g/mol. The second-order valence-corrected chi connectivity index (χ2v) is 9.18. The van der Waals surface area contributed by atoms with Gasteiger partial charge in [-0.3, -0.25) is 4.72 Å². The maximum absolute atomic E-state index is 13.1. The van der Waals surface area contributed by atoms with Crippen LogP contribution in [0, 0.1) is 0 Å². The summed E-state index contributed by atoms with van der Waals surface area (Å²) in [4.78, 5) is 11.1. The number of fused-ring (bicyclic) bond motifs is 5. The fourth-order valence-electron chi connectivity index (χ4n) is 4.17. The highest BCUT2D eigenvalue weighted by Crippen LogP contribution is 2.39. The van der Waals surface area contributed by atoms with Crippen molar-refractivity contribution in [1.29, 1.82) is 0 Å². The van der Waals surface area contributed by atoms with Crippen LogP contribution >= 0.6 is 0 Å². The van der Waals surface area contributed by atoms with Crippen molar-refractivity contribution in [3.05, 3.63) is 71.5 Å². The molecule has 2 N–H and O–H groups in total. The summed E-state index contributed by atoms with van der Waals surface area (Å²) in [6.07, 6.45) is 3.97. The van der Waals surface area contributed by atoms with Crippen LogP contribution in [-0.4, -0.2) is 19.5 Å². The number of aryl methyl sites for hydroxylation is 2. The number of aromatic carboxylic acids is 1. The molecule has 5 rings (SSSR count). The molecule has 1 aromatic heterocycles. The number of furan rings is 1. The number of carboxylic acids is 1. The number of hydrogen-bond donors (Lipinski definition) is 2. The maximum atomic E-state index is 13.1. The van der Waals surface area contributed by atoms with E-state index in [1.807, 2.05) is 30.3 Å². The third kappa shape index (κ3) is 3.02. The van der Waals surface area contributed by atoms with E-state index in [4.69, 9.17) is 4.42 Å². The van der Waals surface area contributed by atoms with E-state index in [0.717, 1.165) is 64.8 Å². The molecule has 0 saturated carbocycles. The van der Waals surface area contributed by atoms with Gasteiger partial charge in [0.15, 0.2) is 0 Å². The van der Waals surface area contributed by atoms with E-state index in [9.17, 15) is 18.3 Å². The van der Waals surface area contributed by atoms with Crippen molar-refractivity contribution < 1.29 is 22.7 Å². The van der Waals surface area contributed by atoms with Crippen LogP contribution in [-0.2, 0) is 22.9 Å². The summed E-state index contributed by atoms with van der Waals surface area (Å²) >= 11 is 0. The number of carbonyl (C=O) groups is 1. The van der Waals surface area contributed by atoms with Crippen molar-refractivity contribution in [2.75, 3.05) is 4.72 Å². The maximum Gasteiger partial charge on any atom is 0.335 e. The molecule has 0 spiro atoms. The standard InChI is InChI=1S/C23H19NO5S/c25-23(26)14-6-5-7-15(12-14)30(27,28)24-20-13-19-17-9-3-4-11-21(17)29-22(19)18-10-2-1-8-16(18)20/h1-2,5-8,10,12-13,24H,3-4,9,11H2,(H,25,26). The van der Waals surface area contributed by atoms with E-state index >= 15 is 0 Å². The highest BCUT2D eigenvalue weighted by Gasteiger charge is 2.23. The van der Waals surface area contributed by atoms with Gasteiger partial charge in [0.2, 0.25) is 0 Å². The van der Waals surface area contributed by atoms with Crippen LogP contribution in [0.1, 0.15) is 34.5 Å². The van der Waals surface area contributed by atoms with E-state index in [0.29, 0.717) is 5.69 Å². The van der Waals surface area contributed by atoms with Crippen molar-refractivity contribution in [3.63, 3.8) is 0 Å². The lowest BCUT2D eigenvalue weighted by molar-refractivity contribution is 0.0696. The average Bonchev–Trinajstić information content (AvgIpc) is 3.13. The van der Waals surface area contributed by atoms with E-state index in [1.165, 1.54) is 18.2 Å². The van der Waals surface area contributed by atoms with Crippen LogP contribution in [0.2, 0.25) is 0 Å². The zero-order valence-corrected chi connectivity index (χ0v) is 16.8. The first-order chi connectivity index (χ1) is 14.4. The van der Waals surface area contributed by atoms with Gasteiger partial charge in [0, 0.05) is 28.1 Å². The van der Waals surface area contributed by atoms with Gasteiger partial charge in [0.25, 0.3) is 10.0 Å². The van der Waals surface area contributed by atoms with Gasteiger partial charge in [0.1, 0.15) is 11.3 Å². The molecule has 6 nitrogen and oxygen atoms in total. The molecule has 0 fully saturated rings. The van der Waals surface area contributed by atoms with Gasteiger partial charge in [-0.15, -0.1) is 0 Å². The van der Waals surface area contributed by atoms with Crippen LogP contribution in [0.3, 0.4) is 0 Å². The van der Waals surface area contributed by atoms with E-state index in [2.05, 4.69) is 4.72 Å². The SMILES string of the molecule is O=C(O)c1cccc(S(=O)(=O)Nc2cc3c4c(oc3c3ccccc23)CCCC4)c1. The molecule has 0 amide bonds. The lowest BCUT2D eigenvalue weighted by Crippen LogP contribution is -2.14. The average molecular weight is 421 g/mol. The second kappa shape index (κ2) is 6.88. The molecule has 0 atom stereocenters. The normalized spacial score (nSPS) is 14.0. The molecule has 0 aliphatic heterocycles. The summed E-state index contributed by atoms with van der Waals surface area (Å²) in [6.45, 7) is 0. The highest BCUT2D eigenvalue weighted by molar-refractivity contribution is 7.92. The fraction of sp³-hybridized carbons (Fsp3) is 0.174. The Kier molecular flexibility index (Phi) is 4.29. The van der Waals surface area contributed by atoms with Gasteiger partial charge in [-0.2, -0.15) is 0 Å². The van der Waals surface area contributed by atoms with Crippen molar-refractivity contribution in [2.45, 2.75) is 30.6 Å². The number of hydrogen-bond acceptors (Lipinski definition) is 4. The molecule has 0 radical (unpaired) electrons. The van der Waals surface area contributed by atoms with Gasteiger partial charge in [-0.25, -0.2) is 13.2 Å². The van der Waals surface area contributed by atoms with Crippen molar-refractivity contribution in [2.24, 2.45) is 0 Å². The molecule has 7 heteroatoms. The Labute approximate surface area is 173 Å². The molecule has 0 bridgehead atoms. The zero-order chi connectivity index (χ0) is 20.9. The first-order valence-corrected chi connectivity index (χ1v) is 11.2. The summed E-state index contributed by atoms with van der Waals surface area (Å²) in [5.41, 5.74) is 2.30. The number of carboxylic acid groups (broad SMARTS) is 1. The van der Waals surface area contributed by atoms with Gasteiger partial charge < -0.3 is 9.52 Å². The predicted octanol–water partition coefficient (Wildman–Crippen LogP) is 4.96. The Bertz CT molecular complexity index is 1420. The van der Waals surface area contributed by atoms with Crippen molar-refractivity contribution in [3.8, 4) is 0 Å². The predicted molar refractivity (Wildman–Crippen MR) is 115 cm³/mol. The fourth-order valence-corrected chi connectivity index (χ4v) is 5.28. The lowest BCUT2D eigenvalue weighted by Gasteiger charge is -2.13. The minimum Gasteiger partial charge on any atom is -0.478 e. The van der Waals surface area contributed by atoms with Crippen LogP contribution in [0.4, 0.5) is 5.69 Å². The lowest BCUT2D eigenvalue weighted by atomic mass is 9.94. The monoisotopic (exact) mass is 421 g/mol. The Balaban J connectivity index is 1.68. The molecule has 3 aromatic carbocycles. The van der Waals surface area contributed by atoms with Gasteiger partial charge in [0.05, 0.1) is 16.1 Å². The van der Waals surface area contributed by atoms with E-state index in [1.54, 1.807) is 0 Å². The van der Waals surface area contributed by atoms with Gasteiger partial charge in [-0.05, 0) is 43.5 Å². The summed E-state index contributed by atoms with van der Waals surface area (Å²) in [5, 5.41) is 11.7. The highest BCUT2D eigenvalue weighted by atomic mass is 32.2. The van der Waals surface area contributed by atoms with Gasteiger partial charge >= 0.3 is 5.97 Å². The van der Waals surface area contributed by atoms with E-state index < -0.39 is 16.0 Å². The van der Waals surface area contributed by atoms with Crippen LogP contribution < -0.4 is 4.72 Å². The van der Waals surface area contributed by atoms with Crippen LogP contribution in [0.5, 0.6) is 0 Å². The topological polar surface area (TPSA) is 96.6 Å². The Morgan fingerprint density at radius 3 is 2.50 bits per heavy atom. The number of anilines is 1. The summed E-state index contributed by atoms with van der Waals surface area (Å²) in [7, 11) is -3.98. The second-order valence-electron chi connectivity index (χ2n) is 7.50. The first-order valence-electron chi connectivity index (χ1n) is 9.76. The van der Waals surface area contributed by atoms with Crippen molar-refractivity contribution >= 4 is 43.4 Å². The number of nitrogens with one attached hydrogen (secondary N) is 1. The number of sulfonamides is 1. The molecule has 1 aliphatic rings. The molecule has 1 heterocycles. The molecular formula is C23H19NO5S. The molecule has 0 unspecified atom stereocenters. The number of rotatable bonds is 4. The Morgan fingerprint density at radius 1 is 0.933 bits per heavy atom. The first kappa shape index (κ1) is 18.7. The summed E-state index contributed by atoms with van der Waals surface area (Å²) in [6, 6.07) is 14.7. The largest absolute Gasteiger partial charge is 0.478 e. The molecule has 1 aliphatic carbocycles. The number of benzene rings is 3. The minimum absolute atomic E-state index is 0.0814. The minimum atomic E-state index is -3.98.